The Balaban J connectivity index is 2.32. The minimum atomic E-state index is -0.447. The summed E-state index contributed by atoms with van der Waals surface area (Å²) in [6, 6.07) is 1.49. The van der Waals surface area contributed by atoms with Crippen molar-refractivity contribution in [1.82, 2.24) is 19.7 Å². The molecule has 0 fully saturated rings. The fraction of sp³-hybridized carbons (Fsp3) is 0.200. The van der Waals surface area contributed by atoms with Gasteiger partial charge in [0.1, 0.15) is 5.15 Å². The molecular weight excluding hydrogens is 258 g/mol. The number of anilines is 1. The predicted octanol–water partition coefficient (Wildman–Crippen LogP) is 1.07. The van der Waals surface area contributed by atoms with E-state index in [1.165, 1.54) is 23.1 Å². The highest BCUT2D eigenvalue weighted by Crippen LogP contribution is 2.12. The first-order chi connectivity index (χ1) is 8.60. The first-order valence-corrected chi connectivity index (χ1v) is 5.50. The number of rotatable bonds is 3. The largest absolute Gasteiger partial charge is 0.462 e. The van der Waals surface area contributed by atoms with Crippen LogP contribution in [0.25, 0.3) is 5.82 Å². The summed E-state index contributed by atoms with van der Waals surface area (Å²) in [4.78, 5) is 19.1. The van der Waals surface area contributed by atoms with Crippen molar-refractivity contribution in [3.8, 4) is 5.82 Å². The molecule has 0 atom stereocenters. The number of hydrogen-bond acceptors (Lipinski definition) is 6. The molecule has 0 radical (unpaired) electrons. The normalized spacial score (nSPS) is 10.3. The number of halogens is 1. The quantitative estimate of drug-likeness (QED) is 0.660. The number of hydrogen-bond donors (Lipinski definition) is 1. The molecule has 0 spiro atoms. The van der Waals surface area contributed by atoms with E-state index in [0.717, 1.165) is 0 Å². The van der Waals surface area contributed by atoms with Gasteiger partial charge >= 0.3 is 5.97 Å². The number of nitrogens with two attached hydrogens (primary N) is 1. The fourth-order valence-corrected chi connectivity index (χ4v) is 1.49. The molecule has 2 aromatic heterocycles. The third kappa shape index (κ3) is 2.57. The summed E-state index contributed by atoms with van der Waals surface area (Å²) in [5.41, 5.74) is 5.80. The molecule has 0 amide bonds. The van der Waals surface area contributed by atoms with Crippen LogP contribution < -0.4 is 5.73 Å². The van der Waals surface area contributed by atoms with E-state index in [1.807, 2.05) is 0 Å². The first kappa shape index (κ1) is 12.3. The molecule has 2 N–H and O–H groups in total. The van der Waals surface area contributed by atoms with Gasteiger partial charge < -0.3 is 10.5 Å². The van der Waals surface area contributed by atoms with Crippen LogP contribution >= 0.6 is 11.6 Å². The molecule has 7 nitrogen and oxygen atoms in total. The standard InChI is InChI=1S/C10H10ClN5O2/c1-2-18-9(17)6-4-13-16(5-6)8-3-7(11)14-10(12)15-8/h3-5H,2H2,1H3,(H2,12,14,15). The van der Waals surface area contributed by atoms with Crippen molar-refractivity contribution in [1.29, 1.82) is 0 Å². The zero-order valence-corrected chi connectivity index (χ0v) is 10.3. The topological polar surface area (TPSA) is 95.9 Å². The Kier molecular flexibility index (Phi) is 3.42. The van der Waals surface area contributed by atoms with Gasteiger partial charge in [0, 0.05) is 12.3 Å². The molecule has 0 aliphatic heterocycles. The summed E-state index contributed by atoms with van der Waals surface area (Å²) >= 11 is 5.76. The number of nitrogens with zero attached hydrogens (tertiary/aromatic N) is 4. The fourth-order valence-electron chi connectivity index (χ4n) is 1.31. The average Bonchev–Trinajstić information content (AvgIpc) is 2.77. The minimum absolute atomic E-state index is 0.0330. The summed E-state index contributed by atoms with van der Waals surface area (Å²) in [6.07, 6.45) is 2.86. The summed E-state index contributed by atoms with van der Waals surface area (Å²) in [5, 5.41) is 4.18. The van der Waals surface area contributed by atoms with Crippen molar-refractivity contribution in [3.63, 3.8) is 0 Å². The predicted molar refractivity (Wildman–Crippen MR) is 64.5 cm³/mol. The van der Waals surface area contributed by atoms with Gasteiger partial charge in [0.2, 0.25) is 5.95 Å². The summed E-state index contributed by atoms with van der Waals surface area (Å²) in [5.74, 6) is -0.0365. The summed E-state index contributed by atoms with van der Waals surface area (Å²) < 4.78 is 6.22. The second-order valence-electron chi connectivity index (χ2n) is 3.30. The van der Waals surface area contributed by atoms with Crippen LogP contribution in [0.15, 0.2) is 18.5 Å². The van der Waals surface area contributed by atoms with E-state index < -0.39 is 5.97 Å². The van der Waals surface area contributed by atoms with Crippen molar-refractivity contribution in [3.05, 3.63) is 29.2 Å². The lowest BCUT2D eigenvalue weighted by Gasteiger charge is -2.01. The highest BCUT2D eigenvalue weighted by molar-refractivity contribution is 6.29. The van der Waals surface area contributed by atoms with Crippen molar-refractivity contribution < 1.29 is 9.53 Å². The van der Waals surface area contributed by atoms with Crippen LogP contribution in [0.1, 0.15) is 17.3 Å². The van der Waals surface area contributed by atoms with Gasteiger partial charge in [-0.1, -0.05) is 11.6 Å². The van der Waals surface area contributed by atoms with E-state index in [0.29, 0.717) is 18.0 Å². The van der Waals surface area contributed by atoms with E-state index in [1.54, 1.807) is 6.92 Å². The molecule has 2 aromatic rings. The van der Waals surface area contributed by atoms with Crippen LogP contribution in [-0.4, -0.2) is 32.3 Å². The van der Waals surface area contributed by atoms with Gasteiger partial charge in [0.25, 0.3) is 0 Å². The lowest BCUT2D eigenvalue weighted by molar-refractivity contribution is 0.0526. The Morgan fingerprint density at radius 1 is 1.56 bits per heavy atom. The van der Waals surface area contributed by atoms with Crippen molar-refractivity contribution in [2.75, 3.05) is 12.3 Å². The molecule has 0 aliphatic carbocycles. The Hall–Kier alpha value is -2.15. The van der Waals surface area contributed by atoms with Crippen molar-refractivity contribution in [2.24, 2.45) is 0 Å². The lowest BCUT2D eigenvalue weighted by Crippen LogP contribution is -2.04. The molecule has 8 heteroatoms. The van der Waals surface area contributed by atoms with Gasteiger partial charge in [-0.05, 0) is 6.92 Å². The second kappa shape index (κ2) is 5.01. The molecular formula is C10H10ClN5O2. The number of nitrogen functional groups attached to an aromatic ring is 1. The van der Waals surface area contributed by atoms with E-state index in [2.05, 4.69) is 15.1 Å². The summed E-state index contributed by atoms with van der Waals surface area (Å²) in [6.45, 7) is 2.03. The van der Waals surface area contributed by atoms with E-state index in [4.69, 9.17) is 22.1 Å². The van der Waals surface area contributed by atoms with Crippen molar-refractivity contribution in [2.45, 2.75) is 6.92 Å². The highest BCUT2D eigenvalue weighted by atomic mass is 35.5. The van der Waals surface area contributed by atoms with E-state index in [9.17, 15) is 4.79 Å². The molecule has 0 unspecified atom stereocenters. The maximum Gasteiger partial charge on any atom is 0.341 e. The maximum absolute atomic E-state index is 11.5. The van der Waals surface area contributed by atoms with Crippen LogP contribution in [-0.2, 0) is 4.74 Å². The monoisotopic (exact) mass is 267 g/mol. The Morgan fingerprint density at radius 2 is 2.33 bits per heavy atom. The Bertz CT molecular complexity index is 563. The van der Waals surface area contributed by atoms with Crippen LogP contribution in [0.3, 0.4) is 0 Å². The second-order valence-corrected chi connectivity index (χ2v) is 3.69. The van der Waals surface area contributed by atoms with Gasteiger partial charge in [-0.25, -0.2) is 14.5 Å². The highest BCUT2D eigenvalue weighted by Gasteiger charge is 2.11. The molecule has 2 rings (SSSR count). The van der Waals surface area contributed by atoms with Crippen molar-refractivity contribution >= 4 is 23.5 Å². The van der Waals surface area contributed by atoms with Crippen LogP contribution in [0.2, 0.25) is 5.15 Å². The van der Waals surface area contributed by atoms with Crippen LogP contribution in [0, 0.1) is 0 Å². The van der Waals surface area contributed by atoms with Crippen LogP contribution in [0.5, 0.6) is 0 Å². The number of carbonyl (C=O) groups excluding carboxylic acids is 1. The molecule has 94 valence electrons. The van der Waals surface area contributed by atoms with E-state index >= 15 is 0 Å². The number of aromatic nitrogens is 4. The Labute approximate surface area is 108 Å². The van der Waals surface area contributed by atoms with E-state index in [-0.39, 0.29) is 11.1 Å². The van der Waals surface area contributed by atoms with Gasteiger partial charge in [-0.2, -0.15) is 10.1 Å². The van der Waals surface area contributed by atoms with Gasteiger partial charge in [-0.15, -0.1) is 0 Å². The van der Waals surface area contributed by atoms with Gasteiger partial charge in [-0.3, -0.25) is 0 Å². The SMILES string of the molecule is CCOC(=O)c1cnn(-c2cc(Cl)nc(N)n2)c1. The number of carbonyl (C=O) groups is 1. The first-order valence-electron chi connectivity index (χ1n) is 5.12. The van der Waals surface area contributed by atoms with Gasteiger partial charge in [0.15, 0.2) is 5.82 Å². The molecule has 0 aliphatic rings. The third-order valence-electron chi connectivity index (χ3n) is 2.03. The Morgan fingerprint density at radius 3 is 3.00 bits per heavy atom. The molecule has 2 heterocycles. The molecule has 18 heavy (non-hydrogen) atoms. The molecule has 0 bridgehead atoms. The molecule has 0 aromatic carbocycles. The zero-order valence-electron chi connectivity index (χ0n) is 9.50. The van der Waals surface area contributed by atoms with Gasteiger partial charge in [0.05, 0.1) is 18.4 Å². The minimum Gasteiger partial charge on any atom is -0.462 e. The molecule has 0 saturated heterocycles. The zero-order chi connectivity index (χ0) is 13.1. The number of esters is 1. The van der Waals surface area contributed by atoms with Crippen LogP contribution in [0.4, 0.5) is 5.95 Å². The molecule has 0 saturated carbocycles. The lowest BCUT2D eigenvalue weighted by atomic mass is 10.4. The third-order valence-corrected chi connectivity index (χ3v) is 2.22. The summed E-state index contributed by atoms with van der Waals surface area (Å²) in [7, 11) is 0. The smallest absolute Gasteiger partial charge is 0.341 e. The average molecular weight is 268 g/mol. The number of ether oxygens (including phenoxy) is 1. The maximum atomic E-state index is 11.5.